The Bertz CT molecular complexity index is 644. The van der Waals surface area contributed by atoms with Crippen LogP contribution in [0.3, 0.4) is 0 Å². The number of hydrogen-bond donors (Lipinski definition) is 1. The number of rotatable bonds is 6. The fourth-order valence-electron chi connectivity index (χ4n) is 1.98. The second-order valence-electron chi connectivity index (χ2n) is 4.38. The van der Waals surface area contributed by atoms with Gasteiger partial charge in [-0.15, -0.1) is 10.2 Å². The molecule has 1 aromatic heterocycles. The molecule has 1 heterocycles. The number of halogens is 1. The number of nitro groups is 1. The summed E-state index contributed by atoms with van der Waals surface area (Å²) >= 11 is 0. The summed E-state index contributed by atoms with van der Waals surface area (Å²) in [5, 5.41) is 21.8. The van der Waals surface area contributed by atoms with E-state index in [1.54, 1.807) is 0 Å². The van der Waals surface area contributed by atoms with Gasteiger partial charge < -0.3 is 9.73 Å². The van der Waals surface area contributed by atoms with Gasteiger partial charge in [0.1, 0.15) is 11.4 Å². The quantitative estimate of drug-likeness (QED) is 0.650. The van der Waals surface area contributed by atoms with Crippen LogP contribution in [0, 0.1) is 15.9 Å². The summed E-state index contributed by atoms with van der Waals surface area (Å²) in [5.74, 6) is -0.338. The smallest absolute Gasteiger partial charge is 0.282 e. The Morgan fingerprint density at radius 3 is 2.81 bits per heavy atom. The lowest BCUT2D eigenvalue weighted by molar-refractivity contribution is -0.384. The Morgan fingerprint density at radius 1 is 1.43 bits per heavy atom. The first-order chi connectivity index (χ1) is 10.1. The van der Waals surface area contributed by atoms with Gasteiger partial charge in [0.15, 0.2) is 0 Å². The number of aromatic nitrogens is 2. The van der Waals surface area contributed by atoms with Crippen molar-refractivity contribution in [1.29, 1.82) is 0 Å². The zero-order valence-electron chi connectivity index (χ0n) is 11.7. The van der Waals surface area contributed by atoms with Crippen LogP contribution >= 0.6 is 0 Å². The van der Waals surface area contributed by atoms with Crippen LogP contribution < -0.4 is 5.32 Å². The molecule has 2 rings (SSSR count). The largest absolute Gasteiger partial charge is 0.419 e. The normalized spacial score (nSPS) is 12.3. The third-order valence-corrected chi connectivity index (χ3v) is 2.98. The number of nitro benzene ring substituents is 1. The van der Waals surface area contributed by atoms with E-state index in [1.807, 2.05) is 13.8 Å². The highest BCUT2D eigenvalue weighted by Crippen LogP contribution is 2.30. The van der Waals surface area contributed by atoms with E-state index in [2.05, 4.69) is 15.5 Å². The zero-order valence-corrected chi connectivity index (χ0v) is 11.7. The first-order valence-corrected chi connectivity index (χ1v) is 6.57. The SMILES string of the molecule is CCNC(CC)c1nnc(-c2cc(F)ccc2[N+](=O)[O-])o1. The summed E-state index contributed by atoms with van der Waals surface area (Å²) in [4.78, 5) is 10.4. The van der Waals surface area contributed by atoms with Gasteiger partial charge in [0.2, 0.25) is 5.89 Å². The molecule has 0 aliphatic rings. The maximum Gasteiger partial charge on any atom is 0.282 e. The molecule has 0 amide bonds. The van der Waals surface area contributed by atoms with E-state index < -0.39 is 10.7 Å². The molecule has 1 unspecified atom stereocenters. The molecule has 0 saturated carbocycles. The molecule has 0 fully saturated rings. The summed E-state index contributed by atoms with van der Waals surface area (Å²) in [7, 11) is 0. The number of benzene rings is 1. The van der Waals surface area contributed by atoms with Gasteiger partial charge in [0.25, 0.3) is 11.6 Å². The van der Waals surface area contributed by atoms with Crippen LogP contribution in [0.1, 0.15) is 32.2 Å². The minimum absolute atomic E-state index is 0.0231. The topological polar surface area (TPSA) is 94.1 Å². The van der Waals surface area contributed by atoms with Crippen molar-refractivity contribution in [2.24, 2.45) is 0 Å². The highest BCUT2D eigenvalue weighted by Gasteiger charge is 2.23. The Balaban J connectivity index is 2.41. The van der Waals surface area contributed by atoms with E-state index in [0.29, 0.717) is 5.89 Å². The minimum atomic E-state index is -0.611. The molecule has 0 bridgehead atoms. The molecule has 1 aromatic carbocycles. The van der Waals surface area contributed by atoms with Crippen molar-refractivity contribution in [1.82, 2.24) is 15.5 Å². The van der Waals surface area contributed by atoms with Gasteiger partial charge in [-0.2, -0.15) is 0 Å². The average molecular weight is 294 g/mol. The van der Waals surface area contributed by atoms with Crippen molar-refractivity contribution in [3.05, 3.63) is 40.0 Å². The Kier molecular flexibility index (Phi) is 4.59. The van der Waals surface area contributed by atoms with E-state index in [1.165, 1.54) is 0 Å². The van der Waals surface area contributed by atoms with Crippen molar-refractivity contribution in [2.45, 2.75) is 26.3 Å². The van der Waals surface area contributed by atoms with Crippen molar-refractivity contribution in [2.75, 3.05) is 6.54 Å². The van der Waals surface area contributed by atoms with Crippen LogP contribution in [0.25, 0.3) is 11.5 Å². The van der Waals surface area contributed by atoms with Gasteiger partial charge >= 0.3 is 0 Å². The monoisotopic (exact) mass is 294 g/mol. The van der Waals surface area contributed by atoms with Crippen LogP contribution in [0.5, 0.6) is 0 Å². The molecule has 7 nitrogen and oxygen atoms in total. The fraction of sp³-hybridized carbons (Fsp3) is 0.385. The Labute approximate surface area is 120 Å². The molecule has 1 N–H and O–H groups in total. The predicted octanol–water partition coefficient (Wildman–Crippen LogP) is 2.84. The molecule has 1 atom stereocenters. The van der Waals surface area contributed by atoms with Crippen molar-refractivity contribution in [3.63, 3.8) is 0 Å². The van der Waals surface area contributed by atoms with Gasteiger partial charge in [-0.05, 0) is 25.1 Å². The average Bonchev–Trinajstić information content (AvgIpc) is 2.93. The Hall–Kier alpha value is -2.35. The third kappa shape index (κ3) is 3.22. The maximum atomic E-state index is 13.3. The minimum Gasteiger partial charge on any atom is -0.419 e. The molecule has 112 valence electrons. The van der Waals surface area contributed by atoms with Crippen LogP contribution in [0.4, 0.5) is 10.1 Å². The van der Waals surface area contributed by atoms with Crippen LogP contribution in [-0.4, -0.2) is 21.7 Å². The van der Waals surface area contributed by atoms with E-state index in [-0.39, 0.29) is 23.2 Å². The van der Waals surface area contributed by atoms with Crippen molar-refractivity contribution in [3.8, 4) is 11.5 Å². The van der Waals surface area contributed by atoms with E-state index >= 15 is 0 Å². The number of hydrogen-bond acceptors (Lipinski definition) is 6. The summed E-state index contributed by atoms with van der Waals surface area (Å²) in [6, 6.07) is 2.98. The summed E-state index contributed by atoms with van der Waals surface area (Å²) in [6.45, 7) is 4.61. The standard InChI is InChI=1S/C13H15FN4O3/c1-3-10(15-4-2)13-17-16-12(21-13)9-7-8(14)5-6-11(9)18(19)20/h5-7,10,15H,3-4H2,1-2H3. The van der Waals surface area contributed by atoms with Crippen LogP contribution in [0.15, 0.2) is 22.6 Å². The van der Waals surface area contributed by atoms with Crippen LogP contribution in [-0.2, 0) is 0 Å². The molecule has 21 heavy (non-hydrogen) atoms. The maximum absolute atomic E-state index is 13.3. The molecule has 8 heteroatoms. The first kappa shape index (κ1) is 15.0. The molecule has 0 aliphatic carbocycles. The second-order valence-corrected chi connectivity index (χ2v) is 4.38. The summed E-state index contributed by atoms with van der Waals surface area (Å²) in [6.07, 6.45) is 0.723. The first-order valence-electron chi connectivity index (χ1n) is 6.57. The van der Waals surface area contributed by atoms with E-state index in [0.717, 1.165) is 31.2 Å². The molecular weight excluding hydrogens is 279 g/mol. The van der Waals surface area contributed by atoms with E-state index in [9.17, 15) is 14.5 Å². The Morgan fingerprint density at radius 2 is 2.19 bits per heavy atom. The van der Waals surface area contributed by atoms with Gasteiger partial charge in [-0.25, -0.2) is 4.39 Å². The molecule has 0 radical (unpaired) electrons. The van der Waals surface area contributed by atoms with E-state index in [4.69, 9.17) is 4.42 Å². The highest BCUT2D eigenvalue weighted by atomic mass is 19.1. The third-order valence-electron chi connectivity index (χ3n) is 2.98. The predicted molar refractivity (Wildman–Crippen MR) is 73.1 cm³/mol. The molecular formula is C13H15FN4O3. The lowest BCUT2D eigenvalue weighted by Gasteiger charge is -2.10. The summed E-state index contributed by atoms with van der Waals surface area (Å²) in [5.41, 5.74) is -0.298. The second kappa shape index (κ2) is 6.40. The lowest BCUT2D eigenvalue weighted by Crippen LogP contribution is -2.20. The summed E-state index contributed by atoms with van der Waals surface area (Å²) < 4.78 is 18.8. The van der Waals surface area contributed by atoms with Crippen molar-refractivity contribution >= 4 is 5.69 Å². The van der Waals surface area contributed by atoms with Gasteiger partial charge in [0.05, 0.1) is 11.0 Å². The molecule has 0 spiro atoms. The fourth-order valence-corrected chi connectivity index (χ4v) is 1.98. The van der Waals surface area contributed by atoms with Crippen LogP contribution in [0.2, 0.25) is 0 Å². The van der Waals surface area contributed by atoms with Gasteiger partial charge in [-0.3, -0.25) is 10.1 Å². The molecule has 0 saturated heterocycles. The number of nitrogens with zero attached hydrogens (tertiary/aromatic N) is 3. The highest BCUT2D eigenvalue weighted by molar-refractivity contribution is 5.66. The van der Waals surface area contributed by atoms with Crippen molar-refractivity contribution < 1.29 is 13.7 Å². The molecule has 2 aromatic rings. The van der Waals surface area contributed by atoms with Gasteiger partial charge in [0, 0.05) is 6.07 Å². The number of nitrogens with one attached hydrogen (secondary N) is 1. The molecule has 0 aliphatic heterocycles. The zero-order chi connectivity index (χ0) is 15.4. The van der Waals surface area contributed by atoms with Gasteiger partial charge in [-0.1, -0.05) is 13.8 Å². The lowest BCUT2D eigenvalue weighted by atomic mass is 10.2.